The number of nitrogens with zero attached hydrogens (tertiary/aromatic N) is 2. The third kappa shape index (κ3) is 4.54. The summed E-state index contributed by atoms with van der Waals surface area (Å²) in [5.74, 6) is -0.116. The van der Waals surface area contributed by atoms with E-state index < -0.39 is 0 Å². The van der Waals surface area contributed by atoms with Gasteiger partial charge in [-0.2, -0.15) is 5.10 Å². The Hall–Kier alpha value is -1.40. The summed E-state index contributed by atoms with van der Waals surface area (Å²) in [4.78, 5) is 11.7. The van der Waals surface area contributed by atoms with E-state index in [9.17, 15) is 4.79 Å². The maximum absolute atomic E-state index is 11.7. The molecule has 6 heteroatoms. The topological polar surface area (TPSA) is 79.2 Å². The molecule has 0 fully saturated rings. The van der Waals surface area contributed by atoms with Gasteiger partial charge >= 0.3 is 0 Å². The number of aryl methyl sites for hydroxylation is 2. The fourth-order valence-corrected chi connectivity index (χ4v) is 1.49. The number of rotatable bonds is 6. The molecule has 0 radical (unpaired) electrons. The lowest BCUT2D eigenvalue weighted by molar-refractivity contribution is 0.0953. The van der Waals surface area contributed by atoms with Gasteiger partial charge in [0.05, 0.1) is 17.4 Å². The number of hydrogen-bond donors (Lipinski definition) is 3. The number of carbonyl (C=O) groups excluding carboxylic acids is 1. The Balaban J connectivity index is 2.28. The maximum atomic E-state index is 11.7. The first-order valence-electron chi connectivity index (χ1n) is 5.68. The number of aliphatic hydroxyl groups is 1. The van der Waals surface area contributed by atoms with Gasteiger partial charge in [0.15, 0.2) is 0 Å². The summed E-state index contributed by atoms with van der Waals surface area (Å²) in [5.41, 5.74) is 1.32. The summed E-state index contributed by atoms with van der Waals surface area (Å²) in [6.07, 6.45) is 1.33. The van der Waals surface area contributed by atoms with Crippen LogP contribution < -0.4 is 10.6 Å². The first-order valence-corrected chi connectivity index (χ1v) is 5.68. The molecule has 0 aromatic carbocycles. The smallest absolute Gasteiger partial charge is 0.254 e. The highest BCUT2D eigenvalue weighted by Crippen LogP contribution is 2.03. The molecule has 1 unspecified atom stereocenters. The van der Waals surface area contributed by atoms with Crippen LogP contribution in [0.25, 0.3) is 0 Å². The quantitative estimate of drug-likeness (QED) is 0.582. The summed E-state index contributed by atoms with van der Waals surface area (Å²) in [6.45, 7) is 5.21. The maximum Gasteiger partial charge on any atom is 0.254 e. The molecule has 1 aromatic rings. The minimum atomic E-state index is -0.369. The van der Waals surface area contributed by atoms with E-state index in [0.29, 0.717) is 25.2 Å². The van der Waals surface area contributed by atoms with Crippen molar-refractivity contribution < 1.29 is 9.90 Å². The largest absolute Gasteiger partial charge is 0.392 e. The first kappa shape index (κ1) is 13.7. The Kier molecular flexibility index (Phi) is 5.11. The zero-order chi connectivity index (χ0) is 12.8. The number of hydrogen-bond acceptors (Lipinski definition) is 4. The van der Waals surface area contributed by atoms with Gasteiger partial charge in [0.1, 0.15) is 0 Å². The van der Waals surface area contributed by atoms with E-state index >= 15 is 0 Å². The van der Waals surface area contributed by atoms with Crippen LogP contribution in [0.2, 0.25) is 0 Å². The van der Waals surface area contributed by atoms with Gasteiger partial charge in [-0.05, 0) is 13.8 Å². The Morgan fingerprint density at radius 1 is 1.59 bits per heavy atom. The number of carbonyl (C=O) groups is 1. The first-order chi connectivity index (χ1) is 8.00. The van der Waals surface area contributed by atoms with Gasteiger partial charge in [-0.3, -0.25) is 9.48 Å². The molecule has 6 nitrogen and oxygen atoms in total. The van der Waals surface area contributed by atoms with Gasteiger partial charge in [-0.15, -0.1) is 0 Å². The van der Waals surface area contributed by atoms with Gasteiger partial charge in [0, 0.05) is 32.9 Å². The molecule has 0 bridgehead atoms. The average Bonchev–Trinajstić information content (AvgIpc) is 2.56. The molecule has 96 valence electrons. The van der Waals surface area contributed by atoms with E-state index in [4.69, 9.17) is 5.11 Å². The fourth-order valence-electron chi connectivity index (χ4n) is 1.49. The minimum Gasteiger partial charge on any atom is -0.392 e. The SMILES string of the molecule is Cc1nn(C)cc1C(=O)NCCNCC(C)O. The monoisotopic (exact) mass is 240 g/mol. The van der Waals surface area contributed by atoms with Crippen LogP contribution in [0.15, 0.2) is 6.20 Å². The Morgan fingerprint density at radius 2 is 2.29 bits per heavy atom. The third-order valence-corrected chi connectivity index (χ3v) is 2.29. The van der Waals surface area contributed by atoms with Crippen molar-refractivity contribution >= 4 is 5.91 Å². The number of aliphatic hydroxyl groups excluding tert-OH is 1. The summed E-state index contributed by atoms with van der Waals surface area (Å²) in [5, 5.41) is 18.9. The highest BCUT2D eigenvalue weighted by molar-refractivity contribution is 5.94. The molecule has 0 aliphatic rings. The molecular weight excluding hydrogens is 220 g/mol. The van der Waals surface area contributed by atoms with Crippen molar-refractivity contribution in [3.8, 4) is 0 Å². The fraction of sp³-hybridized carbons (Fsp3) is 0.636. The van der Waals surface area contributed by atoms with Gasteiger partial charge in [-0.1, -0.05) is 0 Å². The normalized spacial score (nSPS) is 12.5. The summed E-state index contributed by atoms with van der Waals surface area (Å²) in [7, 11) is 1.79. The van der Waals surface area contributed by atoms with Crippen LogP contribution in [0.5, 0.6) is 0 Å². The van der Waals surface area contributed by atoms with Crippen LogP contribution in [0, 0.1) is 6.92 Å². The van der Waals surface area contributed by atoms with Crippen molar-refractivity contribution in [3.05, 3.63) is 17.5 Å². The lowest BCUT2D eigenvalue weighted by Gasteiger charge is -2.07. The van der Waals surface area contributed by atoms with Crippen molar-refractivity contribution in [2.24, 2.45) is 7.05 Å². The van der Waals surface area contributed by atoms with Crippen molar-refractivity contribution in [3.63, 3.8) is 0 Å². The lowest BCUT2D eigenvalue weighted by atomic mass is 10.2. The van der Waals surface area contributed by atoms with Crippen LogP contribution in [-0.2, 0) is 7.05 Å². The van der Waals surface area contributed by atoms with Crippen molar-refractivity contribution in [1.29, 1.82) is 0 Å². The van der Waals surface area contributed by atoms with Crippen molar-refractivity contribution in [2.75, 3.05) is 19.6 Å². The van der Waals surface area contributed by atoms with Crippen LogP contribution in [0.4, 0.5) is 0 Å². The highest BCUT2D eigenvalue weighted by Gasteiger charge is 2.11. The van der Waals surface area contributed by atoms with Gasteiger partial charge < -0.3 is 15.7 Å². The Bertz CT molecular complexity index is 374. The van der Waals surface area contributed by atoms with Crippen LogP contribution in [-0.4, -0.2) is 46.5 Å². The second-order valence-corrected chi connectivity index (χ2v) is 4.11. The second-order valence-electron chi connectivity index (χ2n) is 4.11. The molecule has 1 amide bonds. The Labute approximate surface area is 101 Å². The van der Waals surface area contributed by atoms with Gasteiger partial charge in [-0.25, -0.2) is 0 Å². The van der Waals surface area contributed by atoms with E-state index in [1.54, 1.807) is 31.8 Å². The average molecular weight is 240 g/mol. The van der Waals surface area contributed by atoms with Gasteiger partial charge in [0.2, 0.25) is 0 Å². The van der Waals surface area contributed by atoms with Crippen LogP contribution in [0.1, 0.15) is 23.0 Å². The van der Waals surface area contributed by atoms with Gasteiger partial charge in [0.25, 0.3) is 5.91 Å². The molecule has 1 heterocycles. The van der Waals surface area contributed by atoms with E-state index in [1.807, 2.05) is 0 Å². The standard InChI is InChI=1S/C11H20N4O2/c1-8(16)6-12-4-5-13-11(17)10-7-15(3)14-9(10)2/h7-8,12,16H,4-6H2,1-3H3,(H,13,17). The molecule has 0 saturated heterocycles. The summed E-state index contributed by atoms with van der Waals surface area (Å²) >= 11 is 0. The molecule has 1 atom stereocenters. The molecule has 0 aliphatic heterocycles. The van der Waals surface area contributed by atoms with Crippen LogP contribution in [0.3, 0.4) is 0 Å². The van der Waals surface area contributed by atoms with Crippen LogP contribution >= 0.6 is 0 Å². The Morgan fingerprint density at radius 3 is 2.82 bits per heavy atom. The van der Waals surface area contributed by atoms with E-state index in [-0.39, 0.29) is 12.0 Å². The third-order valence-electron chi connectivity index (χ3n) is 2.29. The molecular formula is C11H20N4O2. The predicted octanol–water partition coefficient (Wildman–Crippen LogP) is -0.571. The lowest BCUT2D eigenvalue weighted by Crippen LogP contribution is -2.34. The number of nitrogens with one attached hydrogen (secondary N) is 2. The number of aromatic nitrogens is 2. The molecule has 1 rings (SSSR count). The number of amides is 1. The zero-order valence-electron chi connectivity index (χ0n) is 10.5. The van der Waals surface area contributed by atoms with E-state index in [0.717, 1.165) is 5.69 Å². The molecule has 3 N–H and O–H groups in total. The molecule has 1 aromatic heterocycles. The zero-order valence-corrected chi connectivity index (χ0v) is 10.5. The summed E-state index contributed by atoms with van der Waals surface area (Å²) < 4.78 is 1.62. The minimum absolute atomic E-state index is 0.116. The highest BCUT2D eigenvalue weighted by atomic mass is 16.3. The summed E-state index contributed by atoms with van der Waals surface area (Å²) in [6, 6.07) is 0. The van der Waals surface area contributed by atoms with E-state index in [1.165, 1.54) is 0 Å². The second kappa shape index (κ2) is 6.36. The molecule has 0 saturated carbocycles. The van der Waals surface area contributed by atoms with Crippen molar-refractivity contribution in [1.82, 2.24) is 20.4 Å². The molecule has 0 spiro atoms. The van der Waals surface area contributed by atoms with Crippen molar-refractivity contribution in [2.45, 2.75) is 20.0 Å². The van der Waals surface area contributed by atoms with E-state index in [2.05, 4.69) is 15.7 Å². The molecule has 17 heavy (non-hydrogen) atoms. The predicted molar refractivity (Wildman–Crippen MR) is 64.8 cm³/mol. The molecule has 0 aliphatic carbocycles.